The van der Waals surface area contributed by atoms with Gasteiger partial charge in [-0.25, -0.2) is 18.2 Å². The van der Waals surface area contributed by atoms with Crippen molar-refractivity contribution in [2.24, 2.45) is 11.1 Å². The van der Waals surface area contributed by atoms with E-state index in [1.807, 2.05) is 29.8 Å². The van der Waals surface area contributed by atoms with Crippen LogP contribution in [0, 0.1) is 12.8 Å². The van der Waals surface area contributed by atoms with Gasteiger partial charge in [0, 0.05) is 11.7 Å². The molecule has 0 aliphatic rings. The highest BCUT2D eigenvalue weighted by Crippen LogP contribution is 2.23. The maximum Gasteiger partial charge on any atom is 0.229 e. The van der Waals surface area contributed by atoms with Gasteiger partial charge in [0.15, 0.2) is 5.75 Å². The first-order chi connectivity index (χ1) is 17.7. The second-order valence-corrected chi connectivity index (χ2v) is 9.27. The lowest BCUT2D eigenvalue weighted by Gasteiger charge is -2.30. The molecule has 0 amide bonds. The Labute approximate surface area is 218 Å². The Hall–Kier alpha value is -2.85. The van der Waals surface area contributed by atoms with E-state index >= 15 is 0 Å². The van der Waals surface area contributed by atoms with Gasteiger partial charge in [0.05, 0.1) is 18.1 Å². The fourth-order valence-corrected chi connectivity index (χ4v) is 3.57. The molecule has 37 heavy (non-hydrogen) atoms. The molecule has 0 spiro atoms. The third-order valence-electron chi connectivity index (χ3n) is 5.33. The van der Waals surface area contributed by atoms with Gasteiger partial charge in [-0.05, 0) is 62.8 Å². The molecule has 1 unspecified atom stereocenters. The van der Waals surface area contributed by atoms with E-state index in [0.717, 1.165) is 42.6 Å². The zero-order valence-corrected chi connectivity index (χ0v) is 22.6. The lowest BCUT2D eigenvalue weighted by molar-refractivity contribution is -0.0375. The summed E-state index contributed by atoms with van der Waals surface area (Å²) in [6.45, 7) is 12.6. The Balaban J connectivity index is 0.00000217. The van der Waals surface area contributed by atoms with Crippen molar-refractivity contribution in [2.45, 2.75) is 72.4 Å². The fraction of sp³-hybridized carbons (Fsp3) is 0.556. The predicted molar refractivity (Wildman–Crippen MR) is 142 cm³/mol. The van der Waals surface area contributed by atoms with E-state index in [2.05, 4.69) is 49.9 Å². The maximum absolute atomic E-state index is 12.1. The summed E-state index contributed by atoms with van der Waals surface area (Å²) >= 11 is 0. The van der Waals surface area contributed by atoms with Gasteiger partial charge in [0.25, 0.3) is 0 Å². The number of aryl methyl sites for hydroxylation is 1. The van der Waals surface area contributed by atoms with Crippen molar-refractivity contribution in [3.63, 3.8) is 0 Å². The Morgan fingerprint density at radius 1 is 1.27 bits per heavy atom. The molecule has 0 aromatic carbocycles. The SMILES string of the molecule is C=C(/C=C\C=N/Oc1cc(C)c2nc(CONC(C)(CCC)CCC(C)C)cn2c1)OCCF.FCF. The van der Waals surface area contributed by atoms with E-state index in [9.17, 15) is 13.2 Å². The van der Waals surface area contributed by atoms with Crippen LogP contribution in [0.5, 0.6) is 5.75 Å². The number of nitrogens with zero attached hydrogens (tertiary/aromatic N) is 3. The van der Waals surface area contributed by atoms with Crippen LogP contribution in [0.25, 0.3) is 5.65 Å². The monoisotopic (exact) mass is 526 g/mol. The fourth-order valence-electron chi connectivity index (χ4n) is 3.57. The average molecular weight is 527 g/mol. The molecule has 0 bridgehead atoms. The summed E-state index contributed by atoms with van der Waals surface area (Å²) in [7, 11) is 0. The van der Waals surface area contributed by atoms with Crippen LogP contribution in [0.1, 0.15) is 64.6 Å². The number of pyridine rings is 1. The summed E-state index contributed by atoms with van der Waals surface area (Å²) in [6.07, 6.45) is 12.8. The molecule has 0 fully saturated rings. The largest absolute Gasteiger partial charge is 0.491 e. The molecule has 1 N–H and O–H groups in total. The van der Waals surface area contributed by atoms with Gasteiger partial charge in [0.1, 0.15) is 31.3 Å². The summed E-state index contributed by atoms with van der Waals surface area (Å²) in [6, 6.07) is 1.87. The predicted octanol–water partition coefficient (Wildman–Crippen LogP) is 6.96. The van der Waals surface area contributed by atoms with Gasteiger partial charge < -0.3 is 14.0 Å². The van der Waals surface area contributed by atoms with Crippen molar-refractivity contribution in [3.8, 4) is 5.75 Å². The smallest absolute Gasteiger partial charge is 0.229 e. The van der Waals surface area contributed by atoms with E-state index in [0.29, 0.717) is 24.0 Å². The van der Waals surface area contributed by atoms with Crippen LogP contribution in [-0.4, -0.2) is 41.3 Å². The number of alkyl halides is 3. The second-order valence-electron chi connectivity index (χ2n) is 9.27. The van der Waals surface area contributed by atoms with Crippen LogP contribution in [0.3, 0.4) is 0 Å². The minimum atomic E-state index is -1.75. The summed E-state index contributed by atoms with van der Waals surface area (Å²) in [5.74, 6) is 1.60. The number of halogens is 3. The minimum absolute atomic E-state index is 0.0136. The molecule has 0 aliphatic carbocycles. The van der Waals surface area contributed by atoms with Gasteiger partial charge in [-0.1, -0.05) is 38.9 Å². The topological polar surface area (TPSA) is 69.4 Å². The number of hydrogen-bond donors (Lipinski definition) is 1. The lowest BCUT2D eigenvalue weighted by Crippen LogP contribution is -2.42. The van der Waals surface area contributed by atoms with Crippen LogP contribution in [0.15, 0.2) is 48.1 Å². The van der Waals surface area contributed by atoms with E-state index in [4.69, 9.17) is 14.4 Å². The number of nitrogens with one attached hydrogen (secondary N) is 1. The van der Waals surface area contributed by atoms with Crippen LogP contribution < -0.4 is 10.3 Å². The molecule has 2 heterocycles. The van der Waals surface area contributed by atoms with Crippen LogP contribution in [0.4, 0.5) is 13.2 Å². The van der Waals surface area contributed by atoms with Crippen LogP contribution >= 0.6 is 0 Å². The van der Waals surface area contributed by atoms with Crippen molar-refractivity contribution in [1.29, 1.82) is 0 Å². The van der Waals surface area contributed by atoms with Gasteiger partial charge in [-0.3, -0.25) is 4.84 Å². The Bertz CT molecular complexity index is 995. The molecular weight excluding hydrogens is 485 g/mol. The summed E-state index contributed by atoms with van der Waals surface area (Å²) < 4.78 is 38.2. The molecular formula is C27H41F3N4O3. The van der Waals surface area contributed by atoms with Gasteiger partial charge in [-0.15, -0.1) is 0 Å². The van der Waals surface area contributed by atoms with Crippen molar-refractivity contribution in [3.05, 3.63) is 54.2 Å². The molecule has 0 radical (unpaired) electrons. The number of hydroxylamine groups is 1. The number of aromatic nitrogens is 2. The summed E-state index contributed by atoms with van der Waals surface area (Å²) in [5.41, 5.74) is 5.88. The molecule has 2 aromatic heterocycles. The zero-order chi connectivity index (χ0) is 27.7. The number of oxime groups is 1. The van der Waals surface area contributed by atoms with Gasteiger partial charge in [0.2, 0.25) is 6.93 Å². The number of allylic oxidation sites excluding steroid dienone is 2. The second kappa shape index (κ2) is 17.6. The Morgan fingerprint density at radius 3 is 2.65 bits per heavy atom. The molecule has 2 aromatic rings. The van der Waals surface area contributed by atoms with Crippen LogP contribution in [0.2, 0.25) is 0 Å². The quantitative estimate of drug-likeness (QED) is 0.111. The maximum atomic E-state index is 12.1. The zero-order valence-electron chi connectivity index (χ0n) is 22.6. The summed E-state index contributed by atoms with van der Waals surface area (Å²) in [5, 5.41) is 3.92. The number of ether oxygens (including phenoxy) is 1. The lowest BCUT2D eigenvalue weighted by atomic mass is 9.89. The molecule has 0 saturated carbocycles. The molecule has 1 atom stereocenters. The molecule has 7 nitrogen and oxygen atoms in total. The summed E-state index contributed by atoms with van der Waals surface area (Å²) in [4.78, 5) is 16.0. The standard InChI is InChI=1S/C26H39FN4O3.CH2F2/c1-7-11-26(6,12-10-20(2)3)30-33-19-23-17-31-18-24(16-21(4)25(31)29-23)34-28-14-8-9-22(5)32-15-13-27;2-1-3/h8-9,14,16-18,20,30H,5,7,10-13,15,19H2,1-4,6H3;1H2/b9-8-,28-14-;. The Kier molecular flexibility index (Phi) is 15.3. The third kappa shape index (κ3) is 12.8. The number of fused-ring (bicyclic) bond motifs is 1. The molecule has 208 valence electrons. The van der Waals surface area contributed by atoms with Crippen molar-refractivity contribution >= 4 is 11.9 Å². The van der Waals surface area contributed by atoms with Gasteiger partial charge in [-0.2, -0.15) is 5.48 Å². The van der Waals surface area contributed by atoms with E-state index in [1.165, 1.54) is 6.21 Å². The number of rotatable bonds is 16. The molecule has 0 saturated heterocycles. The van der Waals surface area contributed by atoms with Crippen molar-refractivity contribution < 1.29 is 27.6 Å². The normalized spacial score (nSPS) is 13.2. The first-order valence-corrected chi connectivity index (χ1v) is 12.4. The molecule has 10 heteroatoms. The van der Waals surface area contributed by atoms with Crippen LogP contribution in [-0.2, 0) is 16.2 Å². The first-order valence-electron chi connectivity index (χ1n) is 12.4. The molecule has 0 aliphatic heterocycles. The van der Waals surface area contributed by atoms with E-state index in [-0.39, 0.29) is 12.1 Å². The Morgan fingerprint density at radius 2 is 2.00 bits per heavy atom. The van der Waals surface area contributed by atoms with E-state index < -0.39 is 13.6 Å². The molecule has 2 rings (SSSR count). The van der Waals surface area contributed by atoms with Crippen molar-refractivity contribution in [2.75, 3.05) is 20.2 Å². The van der Waals surface area contributed by atoms with Crippen molar-refractivity contribution in [1.82, 2.24) is 14.9 Å². The third-order valence-corrected chi connectivity index (χ3v) is 5.33. The highest BCUT2D eigenvalue weighted by molar-refractivity contribution is 5.71. The number of imidazole rings is 1. The first kappa shape index (κ1) is 32.2. The highest BCUT2D eigenvalue weighted by Gasteiger charge is 2.23. The average Bonchev–Trinajstić information content (AvgIpc) is 3.25. The highest BCUT2D eigenvalue weighted by atomic mass is 19.3. The number of hydrogen-bond acceptors (Lipinski definition) is 6. The minimum Gasteiger partial charge on any atom is -0.491 e. The van der Waals surface area contributed by atoms with Gasteiger partial charge >= 0.3 is 0 Å². The van der Waals surface area contributed by atoms with E-state index in [1.54, 1.807) is 12.2 Å².